The molecule has 2 atom stereocenters. The van der Waals surface area contributed by atoms with E-state index in [1.54, 1.807) is 0 Å². The molecule has 1 unspecified atom stereocenters. The number of aromatic amines is 2. The lowest BCUT2D eigenvalue weighted by Gasteiger charge is -2.24. The first-order chi connectivity index (χ1) is 9.92. The Labute approximate surface area is 122 Å². The highest BCUT2D eigenvalue weighted by molar-refractivity contribution is 5.76. The minimum Gasteiger partial charge on any atom is -0.468 e. The molecule has 0 amide bonds. The molecule has 0 aliphatic carbocycles. The van der Waals surface area contributed by atoms with Crippen LogP contribution in [0.25, 0.3) is 11.0 Å². The third-order valence-corrected chi connectivity index (χ3v) is 3.59. The zero-order valence-corrected chi connectivity index (χ0v) is 12.7. The van der Waals surface area contributed by atoms with E-state index >= 15 is 0 Å². The van der Waals surface area contributed by atoms with Crippen LogP contribution in [-0.4, -0.2) is 29.1 Å². The second-order valence-corrected chi connectivity index (χ2v) is 5.52. The fraction of sp³-hybridized carbons (Fsp3) is 0.467. The lowest BCUT2D eigenvalue weighted by atomic mass is 10.0. The Morgan fingerprint density at radius 1 is 1.19 bits per heavy atom. The number of nitrogens with one attached hydrogen (secondary N) is 3. The predicted octanol–water partition coefficient (Wildman–Crippen LogP) is 1.70. The first-order valence-corrected chi connectivity index (χ1v) is 6.98. The molecule has 2 rings (SSSR count). The van der Waals surface area contributed by atoms with E-state index in [0.717, 1.165) is 16.6 Å². The number of H-pyrrole nitrogens is 2. The van der Waals surface area contributed by atoms with Crippen LogP contribution >= 0.6 is 0 Å². The molecule has 3 N–H and O–H groups in total. The molecule has 0 bridgehead atoms. The number of fused-ring (bicyclic) bond motifs is 1. The smallest absolute Gasteiger partial charge is 0.323 e. The van der Waals surface area contributed by atoms with Gasteiger partial charge in [-0.25, -0.2) is 4.79 Å². The van der Waals surface area contributed by atoms with Crippen molar-refractivity contribution in [2.75, 3.05) is 7.11 Å². The fourth-order valence-corrected chi connectivity index (χ4v) is 2.34. The number of benzene rings is 1. The second kappa shape index (κ2) is 6.13. The van der Waals surface area contributed by atoms with Gasteiger partial charge in [0.2, 0.25) is 0 Å². The number of hydrogen-bond acceptors (Lipinski definition) is 4. The minimum absolute atomic E-state index is 0.0423. The lowest BCUT2D eigenvalue weighted by Crippen LogP contribution is -2.42. The molecule has 0 saturated carbocycles. The molecule has 6 nitrogen and oxygen atoms in total. The highest BCUT2D eigenvalue weighted by Gasteiger charge is 2.24. The average Bonchev–Trinajstić information content (AvgIpc) is 2.82. The van der Waals surface area contributed by atoms with Crippen molar-refractivity contribution in [3.63, 3.8) is 0 Å². The molecule has 1 heterocycles. The molecule has 0 radical (unpaired) electrons. The number of rotatable bonds is 5. The molecule has 6 heteroatoms. The third-order valence-electron chi connectivity index (χ3n) is 3.59. The maximum absolute atomic E-state index is 11.8. The molecule has 21 heavy (non-hydrogen) atoms. The summed E-state index contributed by atoms with van der Waals surface area (Å²) >= 11 is 0. The van der Waals surface area contributed by atoms with E-state index in [4.69, 9.17) is 4.74 Å². The predicted molar refractivity (Wildman–Crippen MR) is 81.1 cm³/mol. The summed E-state index contributed by atoms with van der Waals surface area (Å²) in [5, 5.41) is 3.28. The van der Waals surface area contributed by atoms with Crippen LogP contribution in [0.15, 0.2) is 23.0 Å². The van der Waals surface area contributed by atoms with Crippen LogP contribution in [0.4, 0.5) is 0 Å². The topological polar surface area (TPSA) is 87.0 Å². The highest BCUT2D eigenvalue weighted by atomic mass is 16.5. The van der Waals surface area contributed by atoms with Crippen LogP contribution in [0.2, 0.25) is 0 Å². The number of ether oxygens (including phenoxy) is 1. The quantitative estimate of drug-likeness (QED) is 0.732. The first-order valence-electron chi connectivity index (χ1n) is 6.98. The van der Waals surface area contributed by atoms with E-state index in [9.17, 15) is 9.59 Å². The monoisotopic (exact) mass is 291 g/mol. The van der Waals surface area contributed by atoms with E-state index in [1.165, 1.54) is 7.11 Å². The Kier molecular flexibility index (Phi) is 4.47. The number of esters is 1. The summed E-state index contributed by atoms with van der Waals surface area (Å²) in [6.07, 6.45) is 0. The summed E-state index contributed by atoms with van der Waals surface area (Å²) < 4.78 is 4.83. The van der Waals surface area contributed by atoms with Crippen molar-refractivity contribution in [1.82, 2.24) is 15.3 Å². The zero-order valence-electron chi connectivity index (χ0n) is 12.7. The minimum atomic E-state index is -0.369. The molecule has 0 saturated heterocycles. The van der Waals surface area contributed by atoms with Gasteiger partial charge in [-0.05, 0) is 30.5 Å². The maximum atomic E-state index is 11.8. The van der Waals surface area contributed by atoms with Crippen molar-refractivity contribution < 1.29 is 9.53 Å². The Balaban J connectivity index is 2.22. The largest absolute Gasteiger partial charge is 0.468 e. The van der Waals surface area contributed by atoms with Crippen LogP contribution in [0.1, 0.15) is 32.4 Å². The molecule has 0 fully saturated rings. The van der Waals surface area contributed by atoms with Crippen molar-refractivity contribution >= 4 is 17.0 Å². The second-order valence-electron chi connectivity index (χ2n) is 5.52. The van der Waals surface area contributed by atoms with Gasteiger partial charge in [-0.3, -0.25) is 10.1 Å². The van der Waals surface area contributed by atoms with Gasteiger partial charge in [0.05, 0.1) is 18.1 Å². The number of carbonyl (C=O) groups excluding carboxylic acids is 1. The van der Waals surface area contributed by atoms with Gasteiger partial charge in [0.25, 0.3) is 0 Å². The Hall–Kier alpha value is -2.08. The number of hydrogen-bond donors (Lipinski definition) is 3. The summed E-state index contributed by atoms with van der Waals surface area (Å²) in [5.74, 6) is -0.149. The molecular weight excluding hydrogens is 270 g/mol. The van der Waals surface area contributed by atoms with Gasteiger partial charge in [0.15, 0.2) is 0 Å². The van der Waals surface area contributed by atoms with Gasteiger partial charge in [0.1, 0.15) is 6.04 Å². The molecule has 1 aromatic carbocycles. The van der Waals surface area contributed by atoms with E-state index in [1.807, 2.05) is 39.0 Å². The number of aromatic nitrogens is 2. The van der Waals surface area contributed by atoms with Crippen LogP contribution in [0.5, 0.6) is 0 Å². The van der Waals surface area contributed by atoms with Crippen LogP contribution in [0.3, 0.4) is 0 Å². The summed E-state index contributed by atoms with van der Waals surface area (Å²) in [6, 6.07) is 5.27. The van der Waals surface area contributed by atoms with E-state index < -0.39 is 0 Å². The van der Waals surface area contributed by atoms with E-state index in [0.29, 0.717) is 0 Å². The van der Waals surface area contributed by atoms with Crippen molar-refractivity contribution in [2.24, 2.45) is 5.92 Å². The van der Waals surface area contributed by atoms with Gasteiger partial charge in [-0.1, -0.05) is 19.9 Å². The molecule has 1 aromatic heterocycles. The first kappa shape index (κ1) is 15.3. The molecule has 2 aromatic rings. The van der Waals surface area contributed by atoms with Crippen LogP contribution < -0.4 is 11.0 Å². The number of carbonyl (C=O) groups is 1. The third kappa shape index (κ3) is 3.33. The maximum Gasteiger partial charge on any atom is 0.323 e. The highest BCUT2D eigenvalue weighted by Crippen LogP contribution is 2.19. The number of imidazole rings is 1. The van der Waals surface area contributed by atoms with Gasteiger partial charge in [0, 0.05) is 6.04 Å². The van der Waals surface area contributed by atoms with Gasteiger partial charge in [-0.2, -0.15) is 0 Å². The Bertz CT molecular complexity index is 687. The van der Waals surface area contributed by atoms with Crippen molar-refractivity contribution in [2.45, 2.75) is 32.9 Å². The Morgan fingerprint density at radius 3 is 2.48 bits per heavy atom. The molecule has 0 aliphatic rings. The van der Waals surface area contributed by atoms with Crippen LogP contribution in [0, 0.1) is 5.92 Å². The number of methoxy groups -OCH3 is 1. The standard InChI is InChI=1S/C15H21N3O3/c1-8(2)13(14(19)21-4)16-9(3)10-5-6-11-12(7-10)18-15(20)17-11/h5-9,13,16H,1-4H3,(H2,17,18,20)/t9?,13-/m0/s1. The van der Waals surface area contributed by atoms with Crippen molar-refractivity contribution in [3.05, 3.63) is 34.2 Å². The lowest BCUT2D eigenvalue weighted by molar-refractivity contribution is -0.144. The normalized spacial score (nSPS) is 14.3. The average molecular weight is 291 g/mol. The van der Waals surface area contributed by atoms with Gasteiger partial charge in [-0.15, -0.1) is 0 Å². The zero-order chi connectivity index (χ0) is 15.6. The summed E-state index contributed by atoms with van der Waals surface area (Å²) in [5.41, 5.74) is 2.29. The SMILES string of the molecule is COC(=O)[C@@H](NC(C)c1ccc2[nH]c(=O)[nH]c2c1)C(C)C. The van der Waals surface area contributed by atoms with E-state index in [-0.39, 0.29) is 29.7 Å². The summed E-state index contributed by atoms with van der Waals surface area (Å²) in [6.45, 7) is 5.91. The van der Waals surface area contributed by atoms with E-state index in [2.05, 4.69) is 15.3 Å². The van der Waals surface area contributed by atoms with Crippen molar-refractivity contribution in [3.8, 4) is 0 Å². The molecule has 0 aliphatic heterocycles. The molecular formula is C15H21N3O3. The van der Waals surface area contributed by atoms with Gasteiger partial charge < -0.3 is 14.7 Å². The van der Waals surface area contributed by atoms with Crippen LogP contribution in [-0.2, 0) is 9.53 Å². The molecule has 114 valence electrons. The van der Waals surface area contributed by atoms with Gasteiger partial charge >= 0.3 is 11.7 Å². The van der Waals surface area contributed by atoms with Crippen molar-refractivity contribution in [1.29, 1.82) is 0 Å². The summed E-state index contributed by atoms with van der Waals surface area (Å²) in [7, 11) is 1.39. The summed E-state index contributed by atoms with van der Waals surface area (Å²) in [4.78, 5) is 28.5. The fourth-order valence-electron chi connectivity index (χ4n) is 2.34. The Morgan fingerprint density at radius 2 is 1.86 bits per heavy atom. The molecule has 0 spiro atoms.